The van der Waals surface area contributed by atoms with Gasteiger partial charge in [-0.1, -0.05) is 0 Å². The Morgan fingerprint density at radius 1 is 1.73 bits per heavy atom. The fourth-order valence-electron chi connectivity index (χ4n) is 1.55. The van der Waals surface area contributed by atoms with Gasteiger partial charge in [0.05, 0.1) is 44.1 Å². The number of morpholine rings is 1. The summed E-state index contributed by atoms with van der Waals surface area (Å²) in [5.41, 5.74) is 1.08. The van der Waals surface area contributed by atoms with E-state index in [1.807, 2.05) is 17.8 Å². The lowest BCUT2D eigenvalue weighted by molar-refractivity contribution is -0.0366. The Kier molecular flexibility index (Phi) is 3.71. The van der Waals surface area contributed by atoms with Gasteiger partial charge in [0.2, 0.25) is 0 Å². The molecule has 2 rings (SSSR count). The van der Waals surface area contributed by atoms with E-state index in [0.29, 0.717) is 13.2 Å². The van der Waals surface area contributed by atoms with Gasteiger partial charge in [-0.05, 0) is 0 Å². The molecule has 0 bridgehead atoms. The Hall–Kier alpha value is -0.910. The van der Waals surface area contributed by atoms with Crippen LogP contribution in [0.15, 0.2) is 12.5 Å². The third kappa shape index (κ3) is 3.02. The molecule has 15 heavy (non-hydrogen) atoms. The second kappa shape index (κ2) is 5.25. The van der Waals surface area contributed by atoms with Crippen molar-refractivity contribution in [3.63, 3.8) is 0 Å². The fraction of sp³-hybridized carbons (Fsp3) is 0.700. The van der Waals surface area contributed by atoms with E-state index in [0.717, 1.165) is 25.4 Å². The van der Waals surface area contributed by atoms with E-state index in [2.05, 4.69) is 10.3 Å². The molecule has 1 aromatic heterocycles. The second-order valence-electron chi connectivity index (χ2n) is 3.71. The van der Waals surface area contributed by atoms with Crippen LogP contribution in [0, 0.1) is 0 Å². The smallest absolute Gasteiger partial charge is 0.0946 e. The van der Waals surface area contributed by atoms with E-state index in [-0.39, 0.29) is 6.10 Å². The zero-order valence-electron chi connectivity index (χ0n) is 8.98. The Labute approximate surface area is 89.4 Å². The molecule has 1 fully saturated rings. The van der Waals surface area contributed by atoms with E-state index >= 15 is 0 Å². The first-order valence-electron chi connectivity index (χ1n) is 5.21. The van der Waals surface area contributed by atoms with Gasteiger partial charge in [-0.25, -0.2) is 4.98 Å². The number of hydrogen-bond acceptors (Lipinski definition) is 4. The highest BCUT2D eigenvalue weighted by molar-refractivity contribution is 4.94. The number of aryl methyl sites for hydroxylation is 1. The maximum Gasteiger partial charge on any atom is 0.0946 e. The number of imidazole rings is 1. The van der Waals surface area contributed by atoms with Gasteiger partial charge in [-0.3, -0.25) is 0 Å². The van der Waals surface area contributed by atoms with Crippen LogP contribution < -0.4 is 5.32 Å². The molecule has 0 aromatic carbocycles. The highest BCUT2D eigenvalue weighted by atomic mass is 16.5. The summed E-state index contributed by atoms with van der Waals surface area (Å²) in [6.07, 6.45) is 3.78. The number of ether oxygens (including phenoxy) is 2. The highest BCUT2D eigenvalue weighted by Crippen LogP contribution is 2.02. The molecule has 1 N–H and O–H groups in total. The molecule has 1 atom stereocenters. The summed E-state index contributed by atoms with van der Waals surface area (Å²) in [4.78, 5) is 4.03. The monoisotopic (exact) mass is 211 g/mol. The van der Waals surface area contributed by atoms with Crippen molar-refractivity contribution in [2.75, 3.05) is 26.3 Å². The van der Waals surface area contributed by atoms with Crippen molar-refractivity contribution in [1.29, 1.82) is 0 Å². The number of hydrogen-bond donors (Lipinski definition) is 1. The Morgan fingerprint density at radius 2 is 2.67 bits per heavy atom. The van der Waals surface area contributed by atoms with Gasteiger partial charge in [0.1, 0.15) is 0 Å². The van der Waals surface area contributed by atoms with Crippen molar-refractivity contribution in [3.05, 3.63) is 18.2 Å². The van der Waals surface area contributed by atoms with E-state index in [1.54, 1.807) is 6.33 Å². The molecule has 1 aromatic rings. The van der Waals surface area contributed by atoms with Crippen molar-refractivity contribution >= 4 is 0 Å². The van der Waals surface area contributed by atoms with Crippen LogP contribution in [0.25, 0.3) is 0 Å². The summed E-state index contributed by atoms with van der Waals surface area (Å²) in [5.74, 6) is 0. The molecule has 2 heterocycles. The molecule has 0 aliphatic carbocycles. The van der Waals surface area contributed by atoms with E-state index in [9.17, 15) is 0 Å². The lowest BCUT2D eigenvalue weighted by Crippen LogP contribution is -2.40. The summed E-state index contributed by atoms with van der Waals surface area (Å²) in [6.45, 7) is 3.83. The maximum absolute atomic E-state index is 5.57. The standard InChI is InChI=1S/C10H17N3O2/c1-13-8-12-4-9(13)6-14-7-10-5-11-2-3-15-10/h4,8,10-11H,2-3,5-7H2,1H3. The lowest BCUT2D eigenvalue weighted by Gasteiger charge is -2.23. The quantitative estimate of drug-likeness (QED) is 0.757. The zero-order chi connectivity index (χ0) is 10.5. The van der Waals surface area contributed by atoms with Crippen LogP contribution in [0.3, 0.4) is 0 Å². The van der Waals surface area contributed by atoms with Crippen LogP contribution in [-0.2, 0) is 23.1 Å². The van der Waals surface area contributed by atoms with E-state index in [1.165, 1.54) is 0 Å². The molecule has 1 unspecified atom stereocenters. The Balaban J connectivity index is 1.68. The molecule has 0 saturated carbocycles. The van der Waals surface area contributed by atoms with Gasteiger partial charge < -0.3 is 19.4 Å². The molecule has 84 valence electrons. The molecule has 5 heteroatoms. The first-order valence-corrected chi connectivity index (χ1v) is 5.21. The van der Waals surface area contributed by atoms with Crippen LogP contribution in [0.4, 0.5) is 0 Å². The number of rotatable bonds is 4. The third-order valence-electron chi connectivity index (χ3n) is 2.47. The molecular weight excluding hydrogens is 194 g/mol. The minimum absolute atomic E-state index is 0.187. The molecule has 1 aliphatic rings. The lowest BCUT2D eigenvalue weighted by atomic mass is 10.3. The number of aromatic nitrogens is 2. The fourth-order valence-corrected chi connectivity index (χ4v) is 1.55. The molecule has 0 radical (unpaired) electrons. The van der Waals surface area contributed by atoms with Crippen molar-refractivity contribution in [2.24, 2.45) is 7.05 Å². The third-order valence-corrected chi connectivity index (χ3v) is 2.47. The maximum atomic E-state index is 5.57. The van der Waals surface area contributed by atoms with Gasteiger partial charge in [-0.15, -0.1) is 0 Å². The molecule has 0 spiro atoms. The van der Waals surface area contributed by atoms with E-state index < -0.39 is 0 Å². The first-order chi connectivity index (χ1) is 7.36. The minimum atomic E-state index is 0.187. The van der Waals surface area contributed by atoms with Gasteiger partial charge >= 0.3 is 0 Å². The molecule has 0 amide bonds. The van der Waals surface area contributed by atoms with Crippen molar-refractivity contribution in [1.82, 2.24) is 14.9 Å². The van der Waals surface area contributed by atoms with Crippen LogP contribution in [0.2, 0.25) is 0 Å². The van der Waals surface area contributed by atoms with Crippen molar-refractivity contribution < 1.29 is 9.47 Å². The summed E-state index contributed by atoms with van der Waals surface area (Å²) in [7, 11) is 1.96. The largest absolute Gasteiger partial charge is 0.373 e. The Bertz CT molecular complexity index is 295. The predicted molar refractivity (Wildman–Crippen MR) is 55.5 cm³/mol. The van der Waals surface area contributed by atoms with Crippen LogP contribution >= 0.6 is 0 Å². The topological polar surface area (TPSA) is 48.3 Å². The molecule has 1 saturated heterocycles. The molecule has 5 nitrogen and oxygen atoms in total. The zero-order valence-corrected chi connectivity index (χ0v) is 8.98. The number of nitrogens with one attached hydrogen (secondary N) is 1. The van der Waals surface area contributed by atoms with Crippen LogP contribution in [-0.4, -0.2) is 42.0 Å². The van der Waals surface area contributed by atoms with E-state index in [4.69, 9.17) is 9.47 Å². The van der Waals surface area contributed by atoms with Gasteiger partial charge in [-0.2, -0.15) is 0 Å². The Morgan fingerprint density at radius 3 is 3.33 bits per heavy atom. The minimum Gasteiger partial charge on any atom is -0.373 e. The van der Waals surface area contributed by atoms with Crippen molar-refractivity contribution in [3.8, 4) is 0 Å². The average Bonchev–Trinajstić information content (AvgIpc) is 2.66. The SMILES string of the molecule is Cn1cncc1COCC1CNCCO1. The summed E-state index contributed by atoms with van der Waals surface area (Å²) in [5, 5.41) is 3.27. The molecule has 1 aliphatic heterocycles. The number of nitrogens with zero attached hydrogens (tertiary/aromatic N) is 2. The van der Waals surface area contributed by atoms with Gasteiger partial charge in [0.15, 0.2) is 0 Å². The van der Waals surface area contributed by atoms with Gasteiger partial charge in [0.25, 0.3) is 0 Å². The molecular formula is C10H17N3O2. The normalized spacial score (nSPS) is 21.8. The average molecular weight is 211 g/mol. The van der Waals surface area contributed by atoms with Crippen LogP contribution in [0.5, 0.6) is 0 Å². The summed E-state index contributed by atoms with van der Waals surface area (Å²) >= 11 is 0. The first kappa shape index (κ1) is 10.6. The van der Waals surface area contributed by atoms with Crippen molar-refractivity contribution in [2.45, 2.75) is 12.7 Å². The second-order valence-corrected chi connectivity index (χ2v) is 3.71. The predicted octanol–water partition coefficient (Wildman–Crippen LogP) is -0.0749. The van der Waals surface area contributed by atoms with Gasteiger partial charge in [0, 0.05) is 20.1 Å². The van der Waals surface area contributed by atoms with Crippen LogP contribution in [0.1, 0.15) is 5.69 Å². The summed E-state index contributed by atoms with van der Waals surface area (Å²) in [6, 6.07) is 0. The highest BCUT2D eigenvalue weighted by Gasteiger charge is 2.13. The summed E-state index contributed by atoms with van der Waals surface area (Å²) < 4.78 is 13.0.